The second-order valence-electron chi connectivity index (χ2n) is 8.04. The van der Waals surface area contributed by atoms with Crippen molar-refractivity contribution in [2.24, 2.45) is 0 Å². The van der Waals surface area contributed by atoms with Gasteiger partial charge in [-0.3, -0.25) is 4.40 Å². The van der Waals surface area contributed by atoms with E-state index >= 15 is 0 Å². The van der Waals surface area contributed by atoms with Gasteiger partial charge in [-0.25, -0.2) is 0 Å². The molecular weight excluding hydrogens is 392 g/mol. The fourth-order valence-electron chi connectivity index (χ4n) is 4.77. The van der Waals surface area contributed by atoms with Crippen LogP contribution in [0.2, 0.25) is 0 Å². The lowest BCUT2D eigenvalue weighted by Crippen LogP contribution is -1.94. The molecule has 0 bridgehead atoms. The molecule has 0 aliphatic carbocycles. The van der Waals surface area contributed by atoms with Gasteiger partial charge in [-0.15, -0.1) is 10.2 Å². The quantitative estimate of drug-likeness (QED) is 0.320. The summed E-state index contributed by atoms with van der Waals surface area (Å²) in [4.78, 5) is 0. The maximum absolute atomic E-state index is 4.51. The minimum Gasteiger partial charge on any atom is -0.309 e. The monoisotopic (exact) mass is 410 g/mol. The van der Waals surface area contributed by atoms with Crippen LogP contribution >= 0.6 is 0 Å². The molecule has 0 fully saturated rings. The highest BCUT2D eigenvalue weighted by atomic mass is 15.2. The first-order valence-corrected chi connectivity index (χ1v) is 10.7. The molecule has 0 aliphatic rings. The Labute approximate surface area is 184 Å². The number of pyridine rings is 1. The van der Waals surface area contributed by atoms with Gasteiger partial charge in [0.1, 0.15) is 0 Å². The summed E-state index contributed by atoms with van der Waals surface area (Å²) in [6.07, 6.45) is 2.05. The van der Waals surface area contributed by atoms with Crippen LogP contribution in [0.4, 0.5) is 0 Å². The van der Waals surface area contributed by atoms with Crippen molar-refractivity contribution in [1.82, 2.24) is 19.2 Å². The van der Waals surface area contributed by atoms with Crippen LogP contribution in [0.5, 0.6) is 0 Å². The van der Waals surface area contributed by atoms with Crippen LogP contribution in [0.1, 0.15) is 0 Å². The van der Waals surface area contributed by atoms with E-state index in [4.69, 9.17) is 0 Å². The van der Waals surface area contributed by atoms with Crippen molar-refractivity contribution in [3.05, 3.63) is 109 Å². The van der Waals surface area contributed by atoms with Gasteiger partial charge in [0, 0.05) is 33.6 Å². The van der Waals surface area contributed by atoms with Gasteiger partial charge in [-0.2, -0.15) is 0 Å². The van der Waals surface area contributed by atoms with E-state index in [0.29, 0.717) is 0 Å². The average molecular weight is 410 g/mol. The van der Waals surface area contributed by atoms with Gasteiger partial charge in [-0.05, 0) is 47.9 Å². The lowest BCUT2D eigenvalue weighted by atomic mass is 10.1. The molecule has 4 aromatic carbocycles. The summed E-state index contributed by atoms with van der Waals surface area (Å²) in [7, 11) is 0. The molecule has 0 aliphatic heterocycles. The molecule has 0 saturated carbocycles. The van der Waals surface area contributed by atoms with Crippen LogP contribution in [0.15, 0.2) is 109 Å². The van der Waals surface area contributed by atoms with E-state index in [0.717, 1.165) is 28.1 Å². The second-order valence-corrected chi connectivity index (χ2v) is 8.04. The van der Waals surface area contributed by atoms with E-state index < -0.39 is 0 Å². The zero-order valence-electron chi connectivity index (χ0n) is 17.2. The molecule has 32 heavy (non-hydrogen) atoms. The minimum atomic E-state index is 0.847. The fraction of sp³-hybridized carbons (Fsp3) is 0. The predicted octanol–water partition coefficient (Wildman–Crippen LogP) is 6.65. The van der Waals surface area contributed by atoms with Gasteiger partial charge in [0.25, 0.3) is 0 Å². The minimum absolute atomic E-state index is 0.847. The number of hydrogen-bond donors (Lipinski definition) is 0. The molecule has 4 heteroatoms. The number of fused-ring (bicyclic) bond motifs is 6. The topological polar surface area (TPSA) is 35.1 Å². The SMILES string of the molecule is c1ccc2c(c1)ccn1c(-c3ccc(-n4c5ccccc5c5ccccc54)cc3)nnc21. The van der Waals surface area contributed by atoms with Crippen LogP contribution in [0, 0.1) is 0 Å². The fourth-order valence-corrected chi connectivity index (χ4v) is 4.77. The maximum Gasteiger partial charge on any atom is 0.168 e. The molecule has 4 nitrogen and oxygen atoms in total. The van der Waals surface area contributed by atoms with Gasteiger partial charge in [-0.1, -0.05) is 60.7 Å². The van der Waals surface area contributed by atoms with E-state index in [9.17, 15) is 0 Å². The summed E-state index contributed by atoms with van der Waals surface area (Å²) in [6.45, 7) is 0. The number of benzene rings is 4. The van der Waals surface area contributed by atoms with Crippen molar-refractivity contribution in [2.45, 2.75) is 0 Å². The lowest BCUT2D eigenvalue weighted by molar-refractivity contribution is 1.11. The summed E-state index contributed by atoms with van der Waals surface area (Å²) in [5.74, 6) is 0.847. The molecule has 0 radical (unpaired) electrons. The van der Waals surface area contributed by atoms with Crippen molar-refractivity contribution >= 4 is 38.2 Å². The Morgan fingerprint density at radius 2 is 1.16 bits per heavy atom. The normalized spacial score (nSPS) is 11.8. The Hall–Kier alpha value is -4.44. The first kappa shape index (κ1) is 17.3. The number of hydrogen-bond acceptors (Lipinski definition) is 2. The van der Waals surface area contributed by atoms with Crippen molar-refractivity contribution in [1.29, 1.82) is 0 Å². The molecule has 7 aromatic rings. The molecule has 0 N–H and O–H groups in total. The molecule has 3 heterocycles. The Morgan fingerprint density at radius 1 is 0.531 bits per heavy atom. The molecule has 0 spiro atoms. The highest BCUT2D eigenvalue weighted by Gasteiger charge is 2.13. The van der Waals surface area contributed by atoms with E-state index in [-0.39, 0.29) is 0 Å². The Balaban J connectivity index is 1.40. The maximum atomic E-state index is 4.51. The van der Waals surface area contributed by atoms with Gasteiger partial charge in [0.05, 0.1) is 11.0 Å². The zero-order valence-corrected chi connectivity index (χ0v) is 17.2. The highest BCUT2D eigenvalue weighted by Crippen LogP contribution is 2.32. The first-order chi connectivity index (χ1) is 15.9. The van der Waals surface area contributed by atoms with Crippen LogP contribution in [-0.2, 0) is 0 Å². The van der Waals surface area contributed by atoms with Gasteiger partial charge >= 0.3 is 0 Å². The number of para-hydroxylation sites is 2. The van der Waals surface area contributed by atoms with Crippen molar-refractivity contribution in [3.8, 4) is 17.1 Å². The van der Waals surface area contributed by atoms with Crippen LogP contribution in [0.3, 0.4) is 0 Å². The molecule has 7 rings (SSSR count). The summed E-state index contributed by atoms with van der Waals surface area (Å²) >= 11 is 0. The number of rotatable bonds is 2. The van der Waals surface area contributed by atoms with Gasteiger partial charge in [0.2, 0.25) is 0 Å². The molecule has 150 valence electrons. The van der Waals surface area contributed by atoms with Gasteiger partial charge in [0.15, 0.2) is 11.5 Å². The summed E-state index contributed by atoms with van der Waals surface area (Å²) < 4.78 is 4.39. The number of nitrogens with zero attached hydrogens (tertiary/aromatic N) is 4. The third-order valence-electron chi connectivity index (χ3n) is 6.26. The van der Waals surface area contributed by atoms with Crippen LogP contribution in [-0.4, -0.2) is 19.2 Å². The summed E-state index contributed by atoms with van der Waals surface area (Å²) in [6, 6.07) is 36.1. The third-order valence-corrected chi connectivity index (χ3v) is 6.26. The van der Waals surface area contributed by atoms with E-state index in [1.54, 1.807) is 0 Å². The Kier molecular flexibility index (Phi) is 3.52. The molecule has 0 saturated heterocycles. The second kappa shape index (κ2) is 6.53. The van der Waals surface area contributed by atoms with Crippen molar-refractivity contribution < 1.29 is 0 Å². The van der Waals surface area contributed by atoms with Crippen LogP contribution in [0.25, 0.3) is 55.3 Å². The van der Waals surface area contributed by atoms with E-state index in [2.05, 4.69) is 110 Å². The Morgan fingerprint density at radius 3 is 1.88 bits per heavy atom. The molecule has 0 atom stereocenters. The predicted molar refractivity (Wildman–Crippen MR) is 130 cm³/mol. The summed E-state index contributed by atoms with van der Waals surface area (Å²) in [5.41, 5.74) is 5.47. The highest BCUT2D eigenvalue weighted by molar-refractivity contribution is 6.09. The molecule has 0 amide bonds. The van der Waals surface area contributed by atoms with Crippen molar-refractivity contribution in [2.75, 3.05) is 0 Å². The molecule has 0 unspecified atom stereocenters. The molecule has 3 aromatic heterocycles. The standard InChI is InChI=1S/C28H18N4/c1-2-8-22-19(7-1)17-18-31-27(29-30-28(22)31)20-13-15-21(16-14-20)32-25-11-5-3-9-23(25)24-10-4-6-12-26(24)32/h1-18H. The first-order valence-electron chi connectivity index (χ1n) is 10.7. The number of aromatic nitrogens is 4. The average Bonchev–Trinajstić information content (AvgIpc) is 3.44. The van der Waals surface area contributed by atoms with Crippen LogP contribution < -0.4 is 0 Å². The molecular formula is C28H18N4. The summed E-state index contributed by atoms with van der Waals surface area (Å²) in [5, 5.41) is 13.8. The van der Waals surface area contributed by atoms with E-state index in [1.807, 2.05) is 18.3 Å². The van der Waals surface area contributed by atoms with Gasteiger partial charge < -0.3 is 4.57 Å². The smallest absolute Gasteiger partial charge is 0.168 e. The lowest BCUT2D eigenvalue weighted by Gasteiger charge is -2.09. The third kappa shape index (κ3) is 2.38. The van der Waals surface area contributed by atoms with E-state index in [1.165, 1.54) is 27.2 Å². The Bertz CT molecular complexity index is 1720. The zero-order chi connectivity index (χ0) is 21.1. The largest absolute Gasteiger partial charge is 0.309 e. The van der Waals surface area contributed by atoms with Crippen molar-refractivity contribution in [3.63, 3.8) is 0 Å².